The molecule has 1 amide bonds. The lowest BCUT2D eigenvalue weighted by Gasteiger charge is -2.32. The van der Waals surface area contributed by atoms with Crippen LogP contribution in [-0.2, 0) is 11.2 Å². The number of hydrogen-bond acceptors (Lipinski definition) is 5. The third-order valence-corrected chi connectivity index (χ3v) is 6.71. The first kappa shape index (κ1) is 19.7. The molecule has 3 aromatic rings. The zero-order valence-corrected chi connectivity index (χ0v) is 17.7. The summed E-state index contributed by atoms with van der Waals surface area (Å²) in [5.41, 5.74) is 2.14. The van der Waals surface area contributed by atoms with Crippen molar-refractivity contribution in [1.29, 1.82) is 0 Å². The summed E-state index contributed by atoms with van der Waals surface area (Å²) in [7, 11) is 3.25. The number of piperidine rings is 1. The number of likely N-dealkylation sites (tertiary alicyclic amines) is 1. The van der Waals surface area contributed by atoms with Crippen LogP contribution in [0.4, 0.5) is 0 Å². The van der Waals surface area contributed by atoms with Crippen molar-refractivity contribution in [3.63, 3.8) is 0 Å². The average Bonchev–Trinajstić information content (AvgIpc) is 3.21. The zero-order valence-electron chi connectivity index (χ0n) is 16.9. The average molecular weight is 411 g/mol. The fourth-order valence-corrected chi connectivity index (χ4v) is 5.01. The van der Waals surface area contributed by atoms with Gasteiger partial charge < -0.3 is 14.4 Å². The molecule has 1 aliphatic rings. The van der Waals surface area contributed by atoms with Crippen LogP contribution in [0.15, 0.2) is 42.5 Å². The second kappa shape index (κ2) is 8.82. The van der Waals surface area contributed by atoms with Crippen LogP contribution < -0.4 is 9.47 Å². The fraction of sp³-hybridized carbons (Fsp3) is 0.391. The third kappa shape index (κ3) is 4.37. The second-order valence-corrected chi connectivity index (χ2v) is 8.45. The molecule has 0 aliphatic carbocycles. The SMILES string of the molecule is COc1ccc(CCC(=O)N2CCC[C@H](c3nc4ccccc4s3)C2)cc1OC. The molecular weight excluding hydrogens is 384 g/mol. The molecule has 6 heteroatoms. The van der Waals surface area contributed by atoms with Crippen molar-refractivity contribution in [3.8, 4) is 11.5 Å². The predicted octanol–water partition coefficient (Wildman–Crippen LogP) is 4.65. The summed E-state index contributed by atoms with van der Waals surface area (Å²) >= 11 is 1.76. The highest BCUT2D eigenvalue weighted by Gasteiger charge is 2.26. The van der Waals surface area contributed by atoms with Crippen LogP contribution in [0, 0.1) is 0 Å². The number of rotatable bonds is 6. The lowest BCUT2D eigenvalue weighted by molar-refractivity contribution is -0.132. The molecule has 1 fully saturated rings. The van der Waals surface area contributed by atoms with E-state index in [1.54, 1.807) is 25.6 Å². The van der Waals surface area contributed by atoms with Crippen molar-refractivity contribution in [3.05, 3.63) is 53.0 Å². The molecule has 1 aliphatic heterocycles. The molecule has 1 saturated heterocycles. The number of hydrogen-bond donors (Lipinski definition) is 0. The molecule has 152 valence electrons. The monoisotopic (exact) mass is 410 g/mol. The number of thiazole rings is 1. The van der Waals surface area contributed by atoms with E-state index in [1.807, 2.05) is 29.2 Å². The molecule has 5 nitrogen and oxygen atoms in total. The van der Waals surface area contributed by atoms with E-state index < -0.39 is 0 Å². The molecule has 4 rings (SSSR count). The molecule has 0 N–H and O–H groups in total. The number of aryl methyl sites for hydroxylation is 1. The first-order valence-electron chi connectivity index (χ1n) is 10.0. The van der Waals surface area contributed by atoms with E-state index >= 15 is 0 Å². The molecule has 0 spiro atoms. The summed E-state index contributed by atoms with van der Waals surface area (Å²) in [6, 6.07) is 14.1. The topological polar surface area (TPSA) is 51.7 Å². The molecular formula is C23H26N2O3S. The number of fused-ring (bicyclic) bond motifs is 1. The maximum absolute atomic E-state index is 12.9. The fourth-order valence-electron chi connectivity index (χ4n) is 3.92. The van der Waals surface area contributed by atoms with Crippen molar-refractivity contribution < 1.29 is 14.3 Å². The number of aromatic nitrogens is 1. The molecule has 0 bridgehead atoms. The van der Waals surface area contributed by atoms with E-state index in [2.05, 4.69) is 18.2 Å². The van der Waals surface area contributed by atoms with Gasteiger partial charge in [-0.1, -0.05) is 18.2 Å². The first-order valence-corrected chi connectivity index (χ1v) is 10.8. The van der Waals surface area contributed by atoms with Gasteiger partial charge >= 0.3 is 0 Å². The Morgan fingerprint density at radius 1 is 1.17 bits per heavy atom. The van der Waals surface area contributed by atoms with Crippen LogP contribution in [0.1, 0.15) is 35.8 Å². The summed E-state index contributed by atoms with van der Waals surface area (Å²) < 4.78 is 11.9. The maximum Gasteiger partial charge on any atom is 0.222 e. The number of carbonyl (C=O) groups is 1. The Labute approximate surface area is 175 Å². The number of amides is 1. The standard InChI is InChI=1S/C23H26N2O3S/c1-27-19-11-9-16(14-20(19)28-2)10-12-22(26)25-13-5-6-17(15-25)23-24-18-7-3-4-8-21(18)29-23/h3-4,7-9,11,14,17H,5-6,10,12-13,15H2,1-2H3/t17-/m0/s1. The van der Waals surface area contributed by atoms with Crippen molar-refractivity contribution in [2.24, 2.45) is 0 Å². The van der Waals surface area contributed by atoms with Gasteiger partial charge in [-0.15, -0.1) is 11.3 Å². The second-order valence-electron chi connectivity index (χ2n) is 7.39. The Morgan fingerprint density at radius 3 is 2.79 bits per heavy atom. The van der Waals surface area contributed by atoms with Crippen LogP contribution in [0.5, 0.6) is 11.5 Å². The molecule has 0 saturated carbocycles. The lowest BCUT2D eigenvalue weighted by Crippen LogP contribution is -2.39. The van der Waals surface area contributed by atoms with Gasteiger partial charge in [-0.25, -0.2) is 4.98 Å². The van der Waals surface area contributed by atoms with Gasteiger partial charge in [0.2, 0.25) is 5.91 Å². The van der Waals surface area contributed by atoms with E-state index in [0.717, 1.165) is 42.0 Å². The summed E-state index contributed by atoms with van der Waals surface area (Å²) in [6.07, 6.45) is 3.32. The Bertz CT molecular complexity index is 968. The predicted molar refractivity (Wildman–Crippen MR) is 116 cm³/mol. The lowest BCUT2D eigenvalue weighted by atomic mass is 9.98. The maximum atomic E-state index is 12.9. The zero-order chi connectivity index (χ0) is 20.2. The minimum atomic E-state index is 0.214. The number of ether oxygens (including phenoxy) is 2. The summed E-state index contributed by atoms with van der Waals surface area (Å²) in [5.74, 6) is 1.96. The Morgan fingerprint density at radius 2 is 2.00 bits per heavy atom. The van der Waals surface area contributed by atoms with Gasteiger partial charge in [-0.2, -0.15) is 0 Å². The molecule has 2 aromatic carbocycles. The van der Waals surface area contributed by atoms with Crippen molar-refractivity contribution in [2.45, 2.75) is 31.6 Å². The molecule has 1 aromatic heterocycles. The number of benzene rings is 2. The summed E-state index contributed by atoms with van der Waals surface area (Å²) in [6.45, 7) is 1.61. The van der Waals surface area contributed by atoms with Crippen molar-refractivity contribution in [1.82, 2.24) is 9.88 Å². The highest BCUT2D eigenvalue weighted by Crippen LogP contribution is 2.33. The van der Waals surface area contributed by atoms with Gasteiger partial charge in [-0.05, 0) is 49.1 Å². The van der Waals surface area contributed by atoms with Crippen LogP contribution >= 0.6 is 11.3 Å². The van der Waals surface area contributed by atoms with Crippen LogP contribution in [-0.4, -0.2) is 43.1 Å². The van der Waals surface area contributed by atoms with Crippen LogP contribution in [0.3, 0.4) is 0 Å². The van der Waals surface area contributed by atoms with E-state index in [0.29, 0.717) is 30.3 Å². The number of para-hydroxylation sites is 1. The highest BCUT2D eigenvalue weighted by molar-refractivity contribution is 7.18. The smallest absolute Gasteiger partial charge is 0.222 e. The molecule has 0 radical (unpaired) electrons. The van der Waals surface area contributed by atoms with E-state index in [9.17, 15) is 4.79 Å². The number of methoxy groups -OCH3 is 2. The summed E-state index contributed by atoms with van der Waals surface area (Å²) in [5, 5.41) is 1.16. The first-order chi connectivity index (χ1) is 14.2. The quantitative estimate of drug-likeness (QED) is 0.593. The molecule has 29 heavy (non-hydrogen) atoms. The van der Waals surface area contributed by atoms with Crippen molar-refractivity contribution >= 4 is 27.5 Å². The minimum Gasteiger partial charge on any atom is -0.493 e. The Balaban J connectivity index is 1.38. The van der Waals surface area contributed by atoms with E-state index in [4.69, 9.17) is 14.5 Å². The van der Waals surface area contributed by atoms with Crippen LogP contribution in [0.2, 0.25) is 0 Å². The Kier molecular flexibility index (Phi) is 6.00. The third-order valence-electron chi connectivity index (χ3n) is 5.51. The van der Waals surface area contributed by atoms with E-state index in [1.165, 1.54) is 4.70 Å². The molecule has 2 heterocycles. The van der Waals surface area contributed by atoms with Gasteiger partial charge in [0.05, 0.1) is 29.4 Å². The Hall–Kier alpha value is -2.60. The van der Waals surface area contributed by atoms with Gasteiger partial charge in [0.25, 0.3) is 0 Å². The van der Waals surface area contributed by atoms with Crippen LogP contribution in [0.25, 0.3) is 10.2 Å². The highest BCUT2D eigenvalue weighted by atomic mass is 32.1. The summed E-state index contributed by atoms with van der Waals surface area (Å²) in [4.78, 5) is 19.7. The van der Waals surface area contributed by atoms with Gasteiger partial charge in [0.15, 0.2) is 11.5 Å². The molecule has 1 atom stereocenters. The number of carbonyl (C=O) groups excluding carboxylic acids is 1. The van der Waals surface area contributed by atoms with Gasteiger partial charge in [0, 0.05) is 25.4 Å². The number of nitrogens with zero attached hydrogens (tertiary/aromatic N) is 2. The van der Waals surface area contributed by atoms with Gasteiger partial charge in [-0.3, -0.25) is 4.79 Å². The van der Waals surface area contributed by atoms with E-state index in [-0.39, 0.29) is 5.91 Å². The van der Waals surface area contributed by atoms with Crippen molar-refractivity contribution in [2.75, 3.05) is 27.3 Å². The van der Waals surface area contributed by atoms with Gasteiger partial charge in [0.1, 0.15) is 0 Å². The normalized spacial score (nSPS) is 16.8. The molecule has 0 unspecified atom stereocenters. The largest absolute Gasteiger partial charge is 0.493 e. The minimum absolute atomic E-state index is 0.214.